The van der Waals surface area contributed by atoms with Crippen molar-refractivity contribution in [1.29, 1.82) is 0 Å². The highest BCUT2D eigenvalue weighted by Gasteiger charge is 2.45. The average Bonchev–Trinajstić information content (AvgIpc) is 2.80. The van der Waals surface area contributed by atoms with Crippen LogP contribution in [-0.2, 0) is 23.8 Å². The Morgan fingerprint density at radius 1 is 0.950 bits per heavy atom. The first-order valence-corrected chi connectivity index (χ1v) is 6.33. The maximum absolute atomic E-state index is 12.0. The summed E-state index contributed by atoms with van der Waals surface area (Å²) in [6.07, 6.45) is -0.558. The Morgan fingerprint density at radius 2 is 1.35 bits per heavy atom. The first-order chi connectivity index (χ1) is 9.19. The highest BCUT2D eigenvalue weighted by Crippen LogP contribution is 2.27. The minimum absolute atomic E-state index is 0.0847. The largest absolute Gasteiger partial charge is 0.469 e. The molecule has 0 spiro atoms. The van der Waals surface area contributed by atoms with Crippen LogP contribution in [0, 0.1) is 11.8 Å². The SMILES string of the molecule is COC(=O)C1CN(C(=O)OC(C)(C)C)CC1C(=O)OC. The second-order valence-electron chi connectivity index (χ2n) is 5.64. The standard InChI is InChI=1S/C13H21NO6/c1-13(2,3)20-12(17)14-6-8(10(15)18-4)9(7-14)11(16)19-5/h8-9H,6-7H2,1-5H3. The van der Waals surface area contributed by atoms with E-state index in [0.29, 0.717) is 0 Å². The van der Waals surface area contributed by atoms with Gasteiger partial charge in [-0.15, -0.1) is 0 Å². The van der Waals surface area contributed by atoms with Crippen molar-refractivity contribution in [2.75, 3.05) is 27.3 Å². The molecular weight excluding hydrogens is 266 g/mol. The summed E-state index contributed by atoms with van der Waals surface area (Å²) < 4.78 is 14.6. The van der Waals surface area contributed by atoms with Gasteiger partial charge < -0.3 is 19.1 Å². The number of hydrogen-bond donors (Lipinski definition) is 0. The molecule has 0 aromatic carbocycles. The Labute approximate surface area is 118 Å². The Bertz CT molecular complexity index is 376. The van der Waals surface area contributed by atoms with E-state index in [0.717, 1.165) is 0 Å². The van der Waals surface area contributed by atoms with Gasteiger partial charge in [0.1, 0.15) is 5.60 Å². The smallest absolute Gasteiger partial charge is 0.410 e. The van der Waals surface area contributed by atoms with Crippen molar-refractivity contribution < 1.29 is 28.6 Å². The molecule has 1 fully saturated rings. The van der Waals surface area contributed by atoms with Crippen molar-refractivity contribution in [3.8, 4) is 0 Å². The number of nitrogens with zero attached hydrogens (tertiary/aromatic N) is 1. The fraction of sp³-hybridized carbons (Fsp3) is 0.769. The molecule has 0 radical (unpaired) electrons. The molecule has 20 heavy (non-hydrogen) atoms. The number of carbonyl (C=O) groups excluding carboxylic acids is 3. The molecule has 0 aromatic rings. The minimum atomic E-state index is -0.722. The second kappa shape index (κ2) is 6.11. The Morgan fingerprint density at radius 3 is 1.65 bits per heavy atom. The van der Waals surface area contributed by atoms with E-state index in [-0.39, 0.29) is 13.1 Å². The lowest BCUT2D eigenvalue weighted by molar-refractivity contribution is -0.155. The van der Waals surface area contributed by atoms with E-state index in [1.807, 2.05) is 0 Å². The number of hydrogen-bond acceptors (Lipinski definition) is 6. The van der Waals surface area contributed by atoms with E-state index in [4.69, 9.17) is 4.74 Å². The van der Waals surface area contributed by atoms with Gasteiger partial charge >= 0.3 is 18.0 Å². The summed E-state index contributed by atoms with van der Waals surface area (Å²) >= 11 is 0. The second-order valence-corrected chi connectivity index (χ2v) is 5.64. The third kappa shape index (κ3) is 3.85. The van der Waals surface area contributed by atoms with E-state index >= 15 is 0 Å². The van der Waals surface area contributed by atoms with E-state index < -0.39 is 35.5 Å². The topological polar surface area (TPSA) is 82.1 Å². The summed E-state index contributed by atoms with van der Waals surface area (Å²) in [5.41, 5.74) is -0.638. The Balaban J connectivity index is 2.82. The fourth-order valence-electron chi connectivity index (χ4n) is 2.06. The number of carbonyl (C=O) groups is 3. The number of esters is 2. The summed E-state index contributed by atoms with van der Waals surface area (Å²) in [6, 6.07) is 0. The highest BCUT2D eigenvalue weighted by molar-refractivity contribution is 5.84. The number of rotatable bonds is 2. The maximum Gasteiger partial charge on any atom is 0.410 e. The summed E-state index contributed by atoms with van der Waals surface area (Å²) in [7, 11) is 2.49. The van der Waals surface area contributed by atoms with Crippen LogP contribution >= 0.6 is 0 Å². The first kappa shape index (κ1) is 16.3. The molecule has 1 saturated heterocycles. The molecular formula is C13H21NO6. The van der Waals surface area contributed by atoms with Crippen LogP contribution in [0.3, 0.4) is 0 Å². The molecule has 1 rings (SSSR count). The fourth-order valence-corrected chi connectivity index (χ4v) is 2.06. The van der Waals surface area contributed by atoms with Crippen molar-refractivity contribution in [3.05, 3.63) is 0 Å². The van der Waals surface area contributed by atoms with Gasteiger partial charge in [0.2, 0.25) is 0 Å². The predicted octanol–water partition coefficient (Wildman–Crippen LogP) is 0.815. The molecule has 2 atom stereocenters. The summed E-state index contributed by atoms with van der Waals surface area (Å²) in [5.74, 6) is -2.52. The van der Waals surface area contributed by atoms with Crippen molar-refractivity contribution in [3.63, 3.8) is 0 Å². The number of likely N-dealkylation sites (tertiary alicyclic amines) is 1. The van der Waals surface area contributed by atoms with Gasteiger partial charge in [-0.3, -0.25) is 9.59 Å². The van der Waals surface area contributed by atoms with Gasteiger partial charge in [-0.05, 0) is 20.8 Å². The highest BCUT2D eigenvalue weighted by atomic mass is 16.6. The molecule has 1 heterocycles. The Hall–Kier alpha value is -1.79. The van der Waals surface area contributed by atoms with Crippen molar-refractivity contribution in [2.24, 2.45) is 11.8 Å². The van der Waals surface area contributed by atoms with E-state index in [1.54, 1.807) is 20.8 Å². The van der Waals surface area contributed by atoms with Gasteiger partial charge in [0, 0.05) is 13.1 Å². The van der Waals surface area contributed by atoms with Crippen LogP contribution in [-0.4, -0.2) is 55.8 Å². The van der Waals surface area contributed by atoms with Gasteiger partial charge in [-0.1, -0.05) is 0 Å². The van der Waals surface area contributed by atoms with E-state index in [2.05, 4.69) is 9.47 Å². The third-order valence-corrected chi connectivity index (χ3v) is 2.98. The monoisotopic (exact) mass is 287 g/mol. The van der Waals surface area contributed by atoms with Crippen LogP contribution in [0.1, 0.15) is 20.8 Å². The van der Waals surface area contributed by atoms with Gasteiger partial charge in [-0.2, -0.15) is 0 Å². The molecule has 7 heteroatoms. The lowest BCUT2D eigenvalue weighted by Gasteiger charge is -2.24. The molecule has 114 valence electrons. The van der Waals surface area contributed by atoms with Crippen LogP contribution in [0.4, 0.5) is 4.79 Å². The molecule has 1 amide bonds. The van der Waals surface area contributed by atoms with Crippen molar-refractivity contribution in [1.82, 2.24) is 4.90 Å². The maximum atomic E-state index is 12.0. The lowest BCUT2D eigenvalue weighted by atomic mass is 9.96. The van der Waals surface area contributed by atoms with Crippen molar-refractivity contribution >= 4 is 18.0 Å². The van der Waals surface area contributed by atoms with Crippen LogP contribution in [0.25, 0.3) is 0 Å². The average molecular weight is 287 g/mol. The quantitative estimate of drug-likeness (QED) is 0.552. The van der Waals surface area contributed by atoms with Crippen LogP contribution in [0.15, 0.2) is 0 Å². The lowest BCUT2D eigenvalue weighted by Crippen LogP contribution is -2.36. The number of amides is 1. The molecule has 0 saturated carbocycles. The van der Waals surface area contributed by atoms with Gasteiger partial charge in [0.05, 0.1) is 26.1 Å². The molecule has 0 bridgehead atoms. The third-order valence-electron chi connectivity index (χ3n) is 2.98. The van der Waals surface area contributed by atoms with Crippen LogP contribution in [0.5, 0.6) is 0 Å². The normalized spacial score (nSPS) is 22.4. The van der Waals surface area contributed by atoms with Crippen LogP contribution in [0.2, 0.25) is 0 Å². The van der Waals surface area contributed by atoms with Gasteiger partial charge in [0.15, 0.2) is 0 Å². The Kier molecular flexibility index (Phi) is 4.97. The molecule has 0 aromatic heterocycles. The van der Waals surface area contributed by atoms with E-state index in [1.165, 1.54) is 19.1 Å². The molecule has 2 unspecified atom stereocenters. The molecule has 0 aliphatic carbocycles. The summed E-state index contributed by atoms with van der Waals surface area (Å²) in [6.45, 7) is 5.41. The summed E-state index contributed by atoms with van der Waals surface area (Å²) in [4.78, 5) is 36.7. The van der Waals surface area contributed by atoms with Crippen molar-refractivity contribution in [2.45, 2.75) is 26.4 Å². The molecule has 1 aliphatic heterocycles. The molecule has 1 aliphatic rings. The van der Waals surface area contributed by atoms with Gasteiger partial charge in [-0.25, -0.2) is 4.79 Å². The minimum Gasteiger partial charge on any atom is -0.469 e. The zero-order chi connectivity index (χ0) is 15.5. The molecule has 7 nitrogen and oxygen atoms in total. The van der Waals surface area contributed by atoms with Crippen LogP contribution < -0.4 is 0 Å². The van der Waals surface area contributed by atoms with E-state index in [9.17, 15) is 14.4 Å². The van der Waals surface area contributed by atoms with Gasteiger partial charge in [0.25, 0.3) is 0 Å². The zero-order valence-corrected chi connectivity index (χ0v) is 12.5. The number of methoxy groups -OCH3 is 2. The zero-order valence-electron chi connectivity index (χ0n) is 12.5. The first-order valence-electron chi connectivity index (χ1n) is 6.33. The molecule has 0 N–H and O–H groups in total. The predicted molar refractivity (Wildman–Crippen MR) is 68.8 cm³/mol. The number of ether oxygens (including phenoxy) is 3. The summed E-state index contributed by atoms with van der Waals surface area (Å²) in [5, 5.41) is 0.